The monoisotopic (exact) mass is 392 g/mol. The highest BCUT2D eigenvalue weighted by atomic mass is 19.1. The van der Waals surface area contributed by atoms with Gasteiger partial charge in [-0.25, -0.2) is 14.4 Å². The van der Waals surface area contributed by atoms with Crippen LogP contribution in [0.2, 0.25) is 0 Å². The van der Waals surface area contributed by atoms with Crippen molar-refractivity contribution < 1.29 is 13.8 Å². The molecule has 0 aliphatic carbocycles. The molecule has 0 radical (unpaired) electrons. The van der Waals surface area contributed by atoms with E-state index in [1.165, 1.54) is 23.0 Å². The third kappa shape index (κ3) is 3.56. The van der Waals surface area contributed by atoms with E-state index in [4.69, 9.17) is 5.73 Å². The van der Waals surface area contributed by atoms with Gasteiger partial charge < -0.3 is 5.73 Å². The second-order valence-corrected chi connectivity index (χ2v) is 5.76. The number of nitrogens with one attached hydrogen (secondary N) is 1. The van der Waals surface area contributed by atoms with Crippen LogP contribution in [0.1, 0.15) is 16.1 Å². The number of amides is 1. The molecule has 144 valence electrons. The molecule has 0 spiro atoms. The molecule has 10 nitrogen and oxygen atoms in total. The molecule has 0 unspecified atom stereocenters. The van der Waals surface area contributed by atoms with Crippen molar-refractivity contribution in [2.24, 2.45) is 5.10 Å². The summed E-state index contributed by atoms with van der Waals surface area (Å²) in [6.07, 6.45) is 1.19. The van der Waals surface area contributed by atoms with Crippen molar-refractivity contribution in [1.29, 1.82) is 0 Å². The van der Waals surface area contributed by atoms with E-state index in [0.717, 1.165) is 0 Å². The summed E-state index contributed by atoms with van der Waals surface area (Å²) in [5, 5.41) is 18.9. The van der Waals surface area contributed by atoms with E-state index in [-0.39, 0.29) is 22.9 Å². The van der Waals surface area contributed by atoms with Crippen LogP contribution < -0.4 is 11.2 Å². The first-order valence-corrected chi connectivity index (χ1v) is 8.32. The molecule has 0 saturated heterocycles. The zero-order chi connectivity index (χ0) is 20.2. The van der Waals surface area contributed by atoms with Gasteiger partial charge in [0.25, 0.3) is 5.91 Å². The Balaban J connectivity index is 1.68. The van der Waals surface area contributed by atoms with Gasteiger partial charge >= 0.3 is 0 Å². The van der Waals surface area contributed by atoms with E-state index in [0.29, 0.717) is 11.3 Å². The van der Waals surface area contributed by atoms with Gasteiger partial charge in [0.05, 0.1) is 6.21 Å². The Morgan fingerprint density at radius 1 is 1.14 bits per heavy atom. The van der Waals surface area contributed by atoms with Crippen LogP contribution in [0.5, 0.6) is 0 Å². The van der Waals surface area contributed by atoms with Gasteiger partial charge in [-0.05, 0) is 16.4 Å². The van der Waals surface area contributed by atoms with Crippen LogP contribution in [-0.2, 0) is 0 Å². The van der Waals surface area contributed by atoms with E-state index >= 15 is 0 Å². The maximum absolute atomic E-state index is 13.7. The number of anilines is 1. The Kier molecular flexibility index (Phi) is 4.76. The van der Waals surface area contributed by atoms with Gasteiger partial charge in [-0.2, -0.15) is 9.78 Å². The Bertz CT molecular complexity index is 1190. The van der Waals surface area contributed by atoms with Crippen molar-refractivity contribution in [3.05, 3.63) is 71.7 Å². The highest BCUT2D eigenvalue weighted by Crippen LogP contribution is 2.26. The fourth-order valence-corrected chi connectivity index (χ4v) is 2.57. The number of hydrazone groups is 1. The van der Waals surface area contributed by atoms with E-state index in [1.807, 2.05) is 6.07 Å². The number of aromatic nitrogens is 5. The molecule has 0 fully saturated rings. The molecule has 1 amide bonds. The average Bonchev–Trinajstić information content (AvgIpc) is 3.36. The normalized spacial score (nSPS) is 11.1. The van der Waals surface area contributed by atoms with Crippen molar-refractivity contribution >= 4 is 17.9 Å². The Morgan fingerprint density at radius 2 is 1.90 bits per heavy atom. The number of nitrogen functional groups attached to an aromatic ring is 1. The highest BCUT2D eigenvalue weighted by Gasteiger charge is 2.24. The minimum atomic E-state index is -0.655. The number of nitrogens with two attached hydrogens (primary N) is 1. The SMILES string of the molecule is Nc1nonc1-n1nnc(C(=O)N/N=C/c2ccccc2F)c1-c1ccccc1. The molecule has 0 atom stereocenters. The third-order valence-corrected chi connectivity index (χ3v) is 3.90. The first kappa shape index (κ1) is 18.0. The smallest absolute Gasteiger partial charge is 0.294 e. The molecule has 0 aliphatic rings. The van der Waals surface area contributed by atoms with Crippen molar-refractivity contribution in [3.63, 3.8) is 0 Å². The number of carbonyl (C=O) groups excluding carboxylic acids is 1. The first-order valence-electron chi connectivity index (χ1n) is 8.32. The quantitative estimate of drug-likeness (QED) is 0.390. The molecule has 4 rings (SSSR count). The van der Waals surface area contributed by atoms with Crippen LogP contribution in [0, 0.1) is 5.82 Å². The summed E-state index contributed by atoms with van der Waals surface area (Å²) in [4.78, 5) is 12.7. The van der Waals surface area contributed by atoms with E-state index in [9.17, 15) is 9.18 Å². The summed E-state index contributed by atoms with van der Waals surface area (Å²) in [5.74, 6) is -1.05. The van der Waals surface area contributed by atoms with Gasteiger partial charge in [0.1, 0.15) is 11.5 Å². The molecule has 0 aliphatic heterocycles. The minimum absolute atomic E-state index is 0.0170. The summed E-state index contributed by atoms with van der Waals surface area (Å²) in [5.41, 5.74) is 9.19. The lowest BCUT2D eigenvalue weighted by atomic mass is 10.1. The van der Waals surface area contributed by atoms with Crippen molar-refractivity contribution in [3.8, 4) is 17.1 Å². The Labute approximate surface area is 162 Å². The lowest BCUT2D eigenvalue weighted by Crippen LogP contribution is -2.19. The minimum Gasteiger partial charge on any atom is -0.378 e. The second-order valence-electron chi connectivity index (χ2n) is 5.76. The van der Waals surface area contributed by atoms with Crippen LogP contribution in [0.15, 0.2) is 64.3 Å². The van der Waals surface area contributed by atoms with E-state index in [2.05, 4.69) is 35.8 Å². The molecular weight excluding hydrogens is 379 g/mol. The van der Waals surface area contributed by atoms with Gasteiger partial charge in [-0.3, -0.25) is 4.79 Å². The third-order valence-electron chi connectivity index (χ3n) is 3.90. The highest BCUT2D eigenvalue weighted by molar-refractivity contribution is 5.98. The van der Waals surface area contributed by atoms with Crippen molar-refractivity contribution in [1.82, 2.24) is 30.7 Å². The number of carbonyl (C=O) groups is 1. The Hall–Kier alpha value is -4.41. The molecule has 2 aromatic carbocycles. The molecular formula is C18H13FN8O2. The Morgan fingerprint density at radius 3 is 2.62 bits per heavy atom. The molecule has 29 heavy (non-hydrogen) atoms. The molecule has 3 N–H and O–H groups in total. The summed E-state index contributed by atoms with van der Waals surface area (Å²) in [6.45, 7) is 0. The van der Waals surface area contributed by atoms with Crippen molar-refractivity contribution in [2.45, 2.75) is 0 Å². The maximum atomic E-state index is 13.7. The standard InChI is InChI=1S/C18H13FN8O2/c19-13-9-5-4-8-12(13)10-21-23-18(28)14-15(11-6-2-1-3-7-11)27(26-22-14)17-16(20)24-29-25-17/h1-10H,(H2,20,24)(H,23,28)/b21-10+. The topological polar surface area (TPSA) is 137 Å². The lowest BCUT2D eigenvalue weighted by Gasteiger charge is -2.05. The summed E-state index contributed by atoms with van der Waals surface area (Å²) in [7, 11) is 0. The maximum Gasteiger partial charge on any atom is 0.294 e. The van der Waals surface area contributed by atoms with Crippen molar-refractivity contribution in [2.75, 3.05) is 5.73 Å². The molecule has 11 heteroatoms. The van der Waals surface area contributed by atoms with Crippen LogP contribution in [-0.4, -0.2) is 37.4 Å². The molecule has 4 aromatic rings. The van der Waals surface area contributed by atoms with E-state index < -0.39 is 11.7 Å². The molecule has 2 heterocycles. The van der Waals surface area contributed by atoms with Gasteiger partial charge in [0.2, 0.25) is 11.6 Å². The fourth-order valence-electron chi connectivity index (χ4n) is 2.57. The van der Waals surface area contributed by atoms with Gasteiger partial charge in [0.15, 0.2) is 5.69 Å². The summed E-state index contributed by atoms with van der Waals surface area (Å²) in [6, 6.07) is 14.9. The van der Waals surface area contributed by atoms with Crippen LogP contribution in [0.25, 0.3) is 17.1 Å². The number of hydrogen-bond donors (Lipinski definition) is 2. The summed E-state index contributed by atoms with van der Waals surface area (Å²) >= 11 is 0. The second kappa shape index (κ2) is 7.68. The lowest BCUT2D eigenvalue weighted by molar-refractivity contribution is 0.0950. The van der Waals surface area contributed by atoms with Crippen LogP contribution in [0.3, 0.4) is 0 Å². The summed E-state index contributed by atoms with van der Waals surface area (Å²) < 4.78 is 19.5. The molecule has 0 saturated carbocycles. The zero-order valence-corrected chi connectivity index (χ0v) is 14.7. The molecule has 2 aromatic heterocycles. The number of nitrogens with zero attached hydrogens (tertiary/aromatic N) is 6. The van der Waals surface area contributed by atoms with Crippen LogP contribution in [0.4, 0.5) is 10.2 Å². The number of halogens is 1. The molecule has 0 bridgehead atoms. The zero-order valence-electron chi connectivity index (χ0n) is 14.7. The number of rotatable bonds is 5. The number of hydrogen-bond acceptors (Lipinski definition) is 8. The number of benzene rings is 2. The predicted octanol–water partition coefficient (Wildman–Crippen LogP) is 1.80. The van der Waals surface area contributed by atoms with Gasteiger partial charge in [0, 0.05) is 11.1 Å². The first-order chi connectivity index (χ1) is 14.1. The van der Waals surface area contributed by atoms with E-state index in [1.54, 1.807) is 36.4 Å². The van der Waals surface area contributed by atoms with Crippen LogP contribution >= 0.6 is 0 Å². The fraction of sp³-hybridized carbons (Fsp3) is 0. The predicted molar refractivity (Wildman–Crippen MR) is 101 cm³/mol. The van der Waals surface area contributed by atoms with Gasteiger partial charge in [-0.1, -0.05) is 53.7 Å². The van der Waals surface area contributed by atoms with Gasteiger partial charge in [-0.15, -0.1) is 5.10 Å². The largest absolute Gasteiger partial charge is 0.378 e. The average molecular weight is 392 g/mol.